The summed E-state index contributed by atoms with van der Waals surface area (Å²) in [4.78, 5) is 9.64. The van der Waals surface area contributed by atoms with E-state index in [9.17, 15) is 4.79 Å². The average Bonchev–Trinajstić information content (AvgIpc) is 1.87. The maximum Gasteiger partial charge on any atom is 0.274 e. The number of Topliss-reactive ketones (excluding diaryl/α,β-unsaturated/α-hetero) is 1. The molecule has 0 aromatic carbocycles. The lowest BCUT2D eigenvalue weighted by Crippen LogP contribution is -2.24. The molecule has 0 radical (unpaired) electrons. The van der Waals surface area contributed by atoms with Crippen LogP contribution in [0.2, 0.25) is 0 Å². The minimum Gasteiger partial charge on any atom is -0.362 e. The average molecular weight is 182 g/mol. The summed E-state index contributed by atoms with van der Waals surface area (Å²) in [6.07, 6.45) is -1.85. The van der Waals surface area contributed by atoms with Gasteiger partial charge >= 0.3 is 0 Å². The molecule has 0 aliphatic rings. The number of hydrogen-bond donors (Lipinski definition) is 5. The fraction of sp³-hybridized carbons (Fsp3) is 0.833. The largest absolute Gasteiger partial charge is 0.362 e. The third kappa shape index (κ3) is 16.2. The van der Waals surface area contributed by atoms with Crippen LogP contribution in [0.4, 0.5) is 0 Å². The molecule has 0 heterocycles. The van der Waals surface area contributed by atoms with Crippen molar-refractivity contribution in [2.75, 3.05) is 0 Å². The first-order valence-electron chi connectivity index (χ1n) is 3.24. The molecule has 74 valence electrons. The van der Waals surface area contributed by atoms with Crippen molar-refractivity contribution >= 4 is 5.78 Å². The highest BCUT2D eigenvalue weighted by molar-refractivity contribution is 5.78. The van der Waals surface area contributed by atoms with Gasteiger partial charge in [0.1, 0.15) is 0 Å². The molecule has 6 heteroatoms. The van der Waals surface area contributed by atoms with E-state index in [1.54, 1.807) is 0 Å². The molecule has 0 aliphatic heterocycles. The van der Waals surface area contributed by atoms with E-state index in [1.165, 1.54) is 6.92 Å². The Kier molecular flexibility index (Phi) is 7.05. The van der Waals surface area contributed by atoms with Crippen LogP contribution < -0.4 is 0 Å². The summed E-state index contributed by atoms with van der Waals surface area (Å²) in [7, 11) is 0. The number of hydrogen-bond acceptors (Lipinski definition) is 6. The van der Waals surface area contributed by atoms with Gasteiger partial charge in [0.2, 0.25) is 6.29 Å². The molecule has 0 bridgehead atoms. The SMILES string of the molecule is CC(=O)C(O)O.CCC(O)(O)O. The molecule has 0 saturated carbocycles. The van der Waals surface area contributed by atoms with E-state index >= 15 is 0 Å². The first kappa shape index (κ1) is 14.0. The minimum absolute atomic E-state index is 0.0625. The molecule has 0 fully saturated rings. The topological polar surface area (TPSA) is 118 Å². The predicted octanol–water partition coefficient (Wildman–Crippen LogP) is -2.09. The fourth-order valence-corrected chi connectivity index (χ4v) is 0. The van der Waals surface area contributed by atoms with Crippen molar-refractivity contribution in [2.24, 2.45) is 0 Å². The summed E-state index contributed by atoms with van der Waals surface area (Å²) in [6, 6.07) is 0. The van der Waals surface area contributed by atoms with Crippen LogP contribution in [-0.2, 0) is 4.79 Å². The van der Waals surface area contributed by atoms with Crippen LogP contribution in [0.25, 0.3) is 0 Å². The van der Waals surface area contributed by atoms with Crippen LogP contribution in [0.15, 0.2) is 0 Å². The highest BCUT2D eigenvalue weighted by Crippen LogP contribution is 1.95. The van der Waals surface area contributed by atoms with Crippen molar-refractivity contribution < 1.29 is 30.3 Å². The summed E-state index contributed by atoms with van der Waals surface area (Å²) < 4.78 is 0. The van der Waals surface area contributed by atoms with E-state index in [1.807, 2.05) is 0 Å². The molecular formula is C6H14O6. The number of ketones is 1. The second-order valence-corrected chi connectivity index (χ2v) is 2.11. The zero-order valence-corrected chi connectivity index (χ0v) is 6.93. The molecular weight excluding hydrogens is 168 g/mol. The summed E-state index contributed by atoms with van der Waals surface area (Å²) in [6.45, 7) is 2.56. The second-order valence-electron chi connectivity index (χ2n) is 2.11. The van der Waals surface area contributed by atoms with Crippen molar-refractivity contribution in [3.8, 4) is 0 Å². The standard InChI is InChI=1S/C3H8O3.C3H6O3/c1-2-3(4,5)6;1-2(4)3(5)6/h4-6H,2H2,1H3;3,5-6H,1H3. The van der Waals surface area contributed by atoms with Crippen molar-refractivity contribution in [3.63, 3.8) is 0 Å². The van der Waals surface area contributed by atoms with Crippen molar-refractivity contribution in [1.82, 2.24) is 0 Å². The first-order valence-corrected chi connectivity index (χ1v) is 3.24. The van der Waals surface area contributed by atoms with Crippen LogP contribution in [0.1, 0.15) is 20.3 Å². The molecule has 0 saturated heterocycles. The monoisotopic (exact) mass is 182 g/mol. The zero-order chi connectivity index (χ0) is 10.4. The lowest BCUT2D eigenvalue weighted by molar-refractivity contribution is -0.312. The van der Waals surface area contributed by atoms with Gasteiger partial charge in [-0.1, -0.05) is 6.92 Å². The first-order chi connectivity index (χ1) is 5.20. The Morgan fingerprint density at radius 1 is 1.33 bits per heavy atom. The Balaban J connectivity index is 0. The lowest BCUT2D eigenvalue weighted by Gasteiger charge is -2.08. The quantitative estimate of drug-likeness (QED) is 0.312. The van der Waals surface area contributed by atoms with Gasteiger partial charge in [-0.15, -0.1) is 0 Å². The molecule has 5 N–H and O–H groups in total. The van der Waals surface area contributed by atoms with Gasteiger partial charge in [-0.3, -0.25) is 4.79 Å². The third-order valence-electron chi connectivity index (χ3n) is 0.838. The van der Waals surface area contributed by atoms with E-state index in [2.05, 4.69) is 0 Å². The van der Waals surface area contributed by atoms with Gasteiger partial charge in [0.05, 0.1) is 0 Å². The highest BCUT2D eigenvalue weighted by atomic mass is 16.7. The van der Waals surface area contributed by atoms with E-state index in [-0.39, 0.29) is 6.42 Å². The smallest absolute Gasteiger partial charge is 0.274 e. The summed E-state index contributed by atoms with van der Waals surface area (Å²) >= 11 is 0. The van der Waals surface area contributed by atoms with Gasteiger partial charge in [0.15, 0.2) is 5.78 Å². The number of carbonyl (C=O) groups is 1. The zero-order valence-electron chi connectivity index (χ0n) is 6.93. The molecule has 0 atom stereocenters. The van der Waals surface area contributed by atoms with Crippen molar-refractivity contribution in [2.45, 2.75) is 32.5 Å². The van der Waals surface area contributed by atoms with Crippen LogP contribution in [0.5, 0.6) is 0 Å². The molecule has 0 aliphatic carbocycles. The molecule has 0 aromatic heterocycles. The second kappa shape index (κ2) is 6.04. The van der Waals surface area contributed by atoms with E-state index in [0.29, 0.717) is 0 Å². The lowest BCUT2D eigenvalue weighted by atomic mass is 10.4. The van der Waals surface area contributed by atoms with Gasteiger partial charge in [-0.25, -0.2) is 0 Å². The van der Waals surface area contributed by atoms with Crippen LogP contribution >= 0.6 is 0 Å². The normalized spacial score (nSPS) is 10.7. The van der Waals surface area contributed by atoms with E-state index < -0.39 is 18.0 Å². The maximum absolute atomic E-state index is 9.64. The van der Waals surface area contributed by atoms with E-state index in [4.69, 9.17) is 25.5 Å². The van der Waals surface area contributed by atoms with Crippen LogP contribution in [0, 0.1) is 0 Å². The summed E-state index contributed by atoms with van der Waals surface area (Å²) in [5.74, 6) is -3.09. The maximum atomic E-state index is 9.64. The molecule has 0 unspecified atom stereocenters. The van der Waals surface area contributed by atoms with Gasteiger partial charge in [0, 0.05) is 6.42 Å². The number of aliphatic hydroxyl groups excluding tert-OH is 1. The Morgan fingerprint density at radius 2 is 1.50 bits per heavy atom. The van der Waals surface area contributed by atoms with E-state index in [0.717, 1.165) is 6.92 Å². The number of rotatable bonds is 2. The molecule has 0 amide bonds. The molecule has 0 aromatic rings. The van der Waals surface area contributed by atoms with Crippen LogP contribution in [-0.4, -0.2) is 43.6 Å². The highest BCUT2D eigenvalue weighted by Gasteiger charge is 2.11. The Morgan fingerprint density at radius 3 is 1.50 bits per heavy atom. The summed E-state index contributed by atoms with van der Waals surface area (Å²) in [5, 5.41) is 39.5. The van der Waals surface area contributed by atoms with Gasteiger partial charge in [-0.2, -0.15) is 0 Å². The van der Waals surface area contributed by atoms with Crippen LogP contribution in [0.3, 0.4) is 0 Å². The Hall–Kier alpha value is -0.530. The Bertz CT molecular complexity index is 124. The van der Waals surface area contributed by atoms with Crippen molar-refractivity contribution in [1.29, 1.82) is 0 Å². The number of aliphatic hydroxyl groups is 5. The molecule has 0 spiro atoms. The molecule has 6 nitrogen and oxygen atoms in total. The van der Waals surface area contributed by atoms with Gasteiger partial charge < -0.3 is 25.5 Å². The molecule has 12 heavy (non-hydrogen) atoms. The third-order valence-corrected chi connectivity index (χ3v) is 0.838. The summed E-state index contributed by atoms with van der Waals surface area (Å²) in [5.41, 5.74) is 0. The van der Waals surface area contributed by atoms with Gasteiger partial charge in [-0.05, 0) is 6.92 Å². The number of carbonyl (C=O) groups excluding carboxylic acids is 1. The minimum atomic E-state index is -2.46. The molecule has 0 rings (SSSR count). The fourth-order valence-electron chi connectivity index (χ4n) is 0. The Labute approximate surface area is 69.7 Å². The van der Waals surface area contributed by atoms with Crippen molar-refractivity contribution in [3.05, 3.63) is 0 Å². The van der Waals surface area contributed by atoms with Gasteiger partial charge in [0.25, 0.3) is 5.97 Å². The predicted molar refractivity (Wildman–Crippen MR) is 38.6 cm³/mol.